The molecule has 4 aromatic rings. The lowest BCUT2D eigenvalue weighted by Gasteiger charge is -2.12. The highest BCUT2D eigenvalue weighted by Crippen LogP contribution is 2.42. The van der Waals surface area contributed by atoms with Crippen LogP contribution in [-0.2, 0) is 5.75 Å². The minimum Gasteiger partial charge on any atom is -0.333 e. The predicted octanol–water partition coefficient (Wildman–Crippen LogP) is 5.66. The van der Waals surface area contributed by atoms with E-state index in [0.717, 1.165) is 38.7 Å². The number of anilines is 1. The van der Waals surface area contributed by atoms with Crippen LogP contribution in [0.15, 0.2) is 78.6 Å². The quantitative estimate of drug-likeness (QED) is 0.478. The van der Waals surface area contributed by atoms with E-state index in [0.29, 0.717) is 0 Å². The summed E-state index contributed by atoms with van der Waals surface area (Å²) in [5.41, 5.74) is 5.12. The molecule has 1 aromatic carbocycles. The molecule has 0 aliphatic carbocycles. The number of hydrogen-bond acceptors (Lipinski definition) is 4. The van der Waals surface area contributed by atoms with Crippen molar-refractivity contribution in [2.45, 2.75) is 11.1 Å². The predicted molar refractivity (Wildman–Crippen MR) is 116 cm³/mol. The van der Waals surface area contributed by atoms with Gasteiger partial charge < -0.3 is 9.88 Å². The highest BCUT2D eigenvalue weighted by molar-refractivity contribution is 7.99. The minimum absolute atomic E-state index is 0.0548. The molecule has 1 aliphatic heterocycles. The number of carbonyl (C=O) groups is 1. The lowest BCUT2D eigenvalue weighted by Crippen LogP contribution is -2.13. The van der Waals surface area contributed by atoms with Crippen LogP contribution in [0, 0.1) is 0 Å². The second-order valence-corrected chi connectivity index (χ2v) is 8.50. The number of aromatic nitrogens is 2. The molecular weight excluding hydrogens is 386 g/mol. The molecule has 0 saturated carbocycles. The second-order valence-electron chi connectivity index (χ2n) is 6.52. The van der Waals surface area contributed by atoms with Crippen molar-refractivity contribution in [3.8, 4) is 11.1 Å². The molecule has 0 saturated heterocycles. The van der Waals surface area contributed by atoms with Gasteiger partial charge in [-0.05, 0) is 29.1 Å². The fraction of sp³-hybridized carbons (Fsp3) is 0.0909. The number of fused-ring (bicyclic) bond motifs is 1. The second kappa shape index (κ2) is 7.30. The summed E-state index contributed by atoms with van der Waals surface area (Å²) in [6, 6.07) is 18.1. The smallest absolute Gasteiger partial charge is 0.258 e. The Balaban J connectivity index is 1.41. The highest BCUT2D eigenvalue weighted by Gasteiger charge is 2.28. The number of pyridine rings is 1. The van der Waals surface area contributed by atoms with Crippen LogP contribution in [0.2, 0.25) is 0 Å². The van der Waals surface area contributed by atoms with E-state index in [2.05, 4.69) is 33.1 Å². The van der Waals surface area contributed by atoms with Gasteiger partial charge in [-0.25, -0.2) is 0 Å². The van der Waals surface area contributed by atoms with E-state index in [1.165, 1.54) is 0 Å². The van der Waals surface area contributed by atoms with E-state index < -0.39 is 0 Å². The molecule has 1 aliphatic rings. The Labute approximate surface area is 171 Å². The Morgan fingerprint density at radius 1 is 1.11 bits per heavy atom. The third-order valence-electron chi connectivity index (χ3n) is 4.85. The Morgan fingerprint density at radius 2 is 2.00 bits per heavy atom. The molecule has 0 spiro atoms. The summed E-state index contributed by atoms with van der Waals surface area (Å²) in [7, 11) is 0. The Bertz CT molecular complexity index is 1120. The third kappa shape index (κ3) is 3.04. The average Bonchev–Trinajstić information content (AvgIpc) is 3.45. The van der Waals surface area contributed by atoms with Gasteiger partial charge in [-0.3, -0.25) is 9.78 Å². The number of hydrogen-bond donors (Lipinski definition) is 1. The normalized spacial score (nSPS) is 15.4. The van der Waals surface area contributed by atoms with Gasteiger partial charge in [0, 0.05) is 41.2 Å². The van der Waals surface area contributed by atoms with Crippen molar-refractivity contribution in [2.24, 2.45) is 0 Å². The van der Waals surface area contributed by atoms with Gasteiger partial charge in [0.2, 0.25) is 0 Å². The van der Waals surface area contributed by atoms with Crippen LogP contribution >= 0.6 is 23.1 Å². The van der Waals surface area contributed by atoms with E-state index >= 15 is 0 Å². The molecule has 4 heterocycles. The number of nitrogens with one attached hydrogen (secondary N) is 1. The molecule has 28 heavy (non-hydrogen) atoms. The molecule has 138 valence electrons. The van der Waals surface area contributed by atoms with Crippen molar-refractivity contribution in [1.82, 2.24) is 9.55 Å². The number of amides is 1. The van der Waals surface area contributed by atoms with Gasteiger partial charge in [0.05, 0.1) is 5.56 Å². The van der Waals surface area contributed by atoms with Gasteiger partial charge in [-0.2, -0.15) is 0 Å². The number of nitrogens with zero attached hydrogens (tertiary/aromatic N) is 2. The molecule has 0 fully saturated rings. The fourth-order valence-corrected chi connectivity index (χ4v) is 5.61. The fourth-order valence-electron chi connectivity index (χ4n) is 3.50. The van der Waals surface area contributed by atoms with Crippen molar-refractivity contribution in [1.29, 1.82) is 0 Å². The molecule has 4 nitrogen and oxygen atoms in total. The SMILES string of the molecule is O=C(Nc1sccc1-c1ccccc1)c1ccn2c1CSC2c1cccnc1. The van der Waals surface area contributed by atoms with Crippen molar-refractivity contribution in [3.05, 3.63) is 95.4 Å². The highest BCUT2D eigenvalue weighted by atomic mass is 32.2. The van der Waals surface area contributed by atoms with Crippen LogP contribution in [0.1, 0.15) is 27.0 Å². The molecule has 1 atom stereocenters. The maximum absolute atomic E-state index is 13.0. The summed E-state index contributed by atoms with van der Waals surface area (Å²) in [4.78, 5) is 17.2. The number of thiophene rings is 1. The summed E-state index contributed by atoms with van der Waals surface area (Å²) < 4.78 is 2.18. The van der Waals surface area contributed by atoms with Gasteiger partial charge >= 0.3 is 0 Å². The van der Waals surface area contributed by atoms with Crippen molar-refractivity contribution in [2.75, 3.05) is 5.32 Å². The van der Waals surface area contributed by atoms with E-state index in [1.54, 1.807) is 17.5 Å². The molecule has 1 N–H and O–H groups in total. The number of thioether (sulfide) groups is 1. The number of carbonyl (C=O) groups excluding carboxylic acids is 1. The van der Waals surface area contributed by atoms with Crippen LogP contribution in [-0.4, -0.2) is 15.5 Å². The lowest BCUT2D eigenvalue weighted by molar-refractivity contribution is 0.102. The molecule has 6 heteroatoms. The van der Waals surface area contributed by atoms with Gasteiger partial charge in [0.25, 0.3) is 5.91 Å². The molecular formula is C22H17N3OS2. The zero-order valence-corrected chi connectivity index (χ0v) is 16.5. The van der Waals surface area contributed by atoms with Gasteiger partial charge in [-0.15, -0.1) is 23.1 Å². The van der Waals surface area contributed by atoms with Gasteiger partial charge in [0.15, 0.2) is 0 Å². The van der Waals surface area contributed by atoms with Crippen molar-refractivity contribution < 1.29 is 4.79 Å². The molecule has 0 bridgehead atoms. The monoisotopic (exact) mass is 403 g/mol. The summed E-state index contributed by atoms with van der Waals surface area (Å²) in [6.07, 6.45) is 5.68. The number of benzene rings is 1. The van der Waals surface area contributed by atoms with Crippen LogP contribution in [0.3, 0.4) is 0 Å². The Kier molecular flexibility index (Phi) is 4.50. The third-order valence-corrected chi connectivity index (χ3v) is 6.93. The average molecular weight is 404 g/mol. The molecule has 5 rings (SSSR count). The van der Waals surface area contributed by atoms with E-state index in [1.807, 2.05) is 65.9 Å². The lowest BCUT2D eigenvalue weighted by atomic mass is 10.1. The zero-order valence-electron chi connectivity index (χ0n) is 14.9. The maximum atomic E-state index is 13.0. The summed E-state index contributed by atoms with van der Waals surface area (Å²) in [5.74, 6) is 0.756. The van der Waals surface area contributed by atoms with Gasteiger partial charge in [0.1, 0.15) is 10.4 Å². The maximum Gasteiger partial charge on any atom is 0.258 e. The first kappa shape index (κ1) is 17.3. The first-order valence-electron chi connectivity index (χ1n) is 8.97. The van der Waals surface area contributed by atoms with Crippen LogP contribution in [0.4, 0.5) is 5.00 Å². The van der Waals surface area contributed by atoms with Crippen molar-refractivity contribution in [3.63, 3.8) is 0 Å². The van der Waals surface area contributed by atoms with Crippen LogP contribution in [0.5, 0.6) is 0 Å². The molecule has 1 amide bonds. The van der Waals surface area contributed by atoms with Crippen molar-refractivity contribution >= 4 is 34.0 Å². The topological polar surface area (TPSA) is 46.9 Å². The first-order valence-corrected chi connectivity index (χ1v) is 10.9. The van der Waals surface area contributed by atoms with Gasteiger partial charge in [-0.1, -0.05) is 36.4 Å². The summed E-state index contributed by atoms with van der Waals surface area (Å²) in [6.45, 7) is 0. The first-order chi connectivity index (χ1) is 13.8. The molecule has 1 unspecified atom stereocenters. The van der Waals surface area contributed by atoms with E-state index in [-0.39, 0.29) is 11.3 Å². The Morgan fingerprint density at radius 3 is 2.82 bits per heavy atom. The summed E-state index contributed by atoms with van der Waals surface area (Å²) >= 11 is 3.36. The number of rotatable bonds is 4. The molecule has 0 radical (unpaired) electrons. The summed E-state index contributed by atoms with van der Waals surface area (Å²) in [5, 5.41) is 6.18. The van der Waals surface area contributed by atoms with Crippen LogP contribution in [0.25, 0.3) is 11.1 Å². The Hall–Kier alpha value is -2.83. The van der Waals surface area contributed by atoms with E-state index in [9.17, 15) is 4.79 Å². The minimum atomic E-state index is -0.0548. The zero-order chi connectivity index (χ0) is 18.9. The standard InChI is InChI=1S/C22H17N3OS2/c26-20(24-21-17(9-12-27-21)15-5-2-1-3-6-15)18-8-11-25-19(18)14-28-22(25)16-7-4-10-23-13-16/h1-13,22H,14H2,(H,24,26). The largest absolute Gasteiger partial charge is 0.333 e. The van der Waals surface area contributed by atoms with Crippen LogP contribution < -0.4 is 5.32 Å². The molecule has 3 aromatic heterocycles. The van der Waals surface area contributed by atoms with E-state index in [4.69, 9.17) is 0 Å².